The molecule has 2 N–H and O–H groups in total. The summed E-state index contributed by atoms with van der Waals surface area (Å²) in [6, 6.07) is 7.36. The maximum absolute atomic E-state index is 12.5. The number of carbonyl (C=O) groups is 2. The lowest BCUT2D eigenvalue weighted by Gasteiger charge is -2.08. The van der Waals surface area contributed by atoms with E-state index < -0.39 is 0 Å². The molecule has 0 aliphatic rings. The Bertz CT molecular complexity index is 856. The second-order valence-corrected chi connectivity index (χ2v) is 5.97. The minimum atomic E-state index is -0.271. The van der Waals surface area contributed by atoms with E-state index in [2.05, 4.69) is 20.6 Å². The molecule has 8 heteroatoms. The topological polar surface area (TPSA) is 88.9 Å². The van der Waals surface area contributed by atoms with Crippen molar-refractivity contribution in [3.8, 4) is 0 Å². The fourth-order valence-electron chi connectivity index (χ4n) is 2.16. The van der Waals surface area contributed by atoms with Crippen LogP contribution in [0.1, 0.15) is 25.7 Å². The van der Waals surface area contributed by atoms with Crippen molar-refractivity contribution in [3.63, 3.8) is 0 Å². The fourth-order valence-corrected chi connectivity index (χ4v) is 2.92. The highest BCUT2D eigenvalue weighted by Gasteiger charge is 2.15. The van der Waals surface area contributed by atoms with Gasteiger partial charge in [0.15, 0.2) is 5.13 Å². The summed E-state index contributed by atoms with van der Waals surface area (Å²) in [7, 11) is 1.55. The van der Waals surface area contributed by atoms with E-state index in [1.807, 2.05) is 29.0 Å². The van der Waals surface area contributed by atoms with Crippen molar-refractivity contribution < 1.29 is 9.59 Å². The van der Waals surface area contributed by atoms with E-state index in [9.17, 15) is 9.59 Å². The number of aromatic nitrogens is 3. The van der Waals surface area contributed by atoms with Crippen LogP contribution in [0.3, 0.4) is 0 Å². The van der Waals surface area contributed by atoms with Crippen molar-refractivity contribution in [1.29, 1.82) is 0 Å². The largest absolute Gasteiger partial charge is 0.354 e. The van der Waals surface area contributed by atoms with Gasteiger partial charge in [0.2, 0.25) is 0 Å². The van der Waals surface area contributed by atoms with Gasteiger partial charge in [0.1, 0.15) is 10.6 Å². The summed E-state index contributed by atoms with van der Waals surface area (Å²) in [4.78, 5) is 32.5. The van der Waals surface area contributed by atoms with E-state index >= 15 is 0 Å². The van der Waals surface area contributed by atoms with Crippen LogP contribution in [-0.4, -0.2) is 33.4 Å². The average Bonchev–Trinajstić information content (AvgIpc) is 3.24. The predicted molar refractivity (Wildman–Crippen MR) is 91.2 cm³/mol. The van der Waals surface area contributed by atoms with Gasteiger partial charge in [-0.2, -0.15) is 0 Å². The maximum atomic E-state index is 12.5. The van der Waals surface area contributed by atoms with E-state index in [1.165, 1.54) is 6.20 Å². The van der Waals surface area contributed by atoms with Crippen molar-refractivity contribution in [3.05, 3.63) is 65.2 Å². The summed E-state index contributed by atoms with van der Waals surface area (Å²) in [5.74, 6) is -0.499. The van der Waals surface area contributed by atoms with Crippen LogP contribution in [0.5, 0.6) is 0 Å². The monoisotopic (exact) mass is 341 g/mol. The molecule has 0 aromatic carbocycles. The lowest BCUT2D eigenvalue weighted by molar-refractivity contribution is 0.0965. The van der Waals surface area contributed by atoms with E-state index in [0.29, 0.717) is 22.2 Å². The van der Waals surface area contributed by atoms with Crippen LogP contribution in [0.4, 0.5) is 5.13 Å². The number of nitrogens with zero attached hydrogens (tertiary/aromatic N) is 3. The summed E-state index contributed by atoms with van der Waals surface area (Å²) < 4.78 is 1.85. The van der Waals surface area contributed by atoms with Gasteiger partial charge >= 0.3 is 0 Å². The maximum Gasteiger partial charge on any atom is 0.274 e. The number of amides is 2. The molecule has 0 aliphatic heterocycles. The zero-order valence-corrected chi connectivity index (χ0v) is 13.7. The van der Waals surface area contributed by atoms with Crippen molar-refractivity contribution in [2.75, 3.05) is 12.4 Å². The molecule has 3 aromatic rings. The van der Waals surface area contributed by atoms with Gasteiger partial charge in [0.05, 0.1) is 6.20 Å². The Morgan fingerprint density at radius 2 is 2.00 bits per heavy atom. The van der Waals surface area contributed by atoms with Crippen LogP contribution in [-0.2, 0) is 6.54 Å². The van der Waals surface area contributed by atoms with Crippen molar-refractivity contribution >= 4 is 28.3 Å². The van der Waals surface area contributed by atoms with Gasteiger partial charge in [0, 0.05) is 32.2 Å². The molecule has 0 saturated heterocycles. The molecular formula is C16H15N5O2S. The highest BCUT2D eigenvalue weighted by molar-refractivity contribution is 7.17. The molecule has 0 bridgehead atoms. The zero-order chi connectivity index (χ0) is 16.9. The second-order valence-electron chi connectivity index (χ2n) is 4.94. The summed E-state index contributed by atoms with van der Waals surface area (Å²) >= 11 is 1.13. The number of rotatable bonds is 5. The first-order valence-electron chi connectivity index (χ1n) is 7.20. The van der Waals surface area contributed by atoms with E-state index in [0.717, 1.165) is 16.9 Å². The van der Waals surface area contributed by atoms with Gasteiger partial charge < -0.3 is 9.88 Å². The molecular weight excluding hydrogens is 326 g/mol. The molecule has 7 nitrogen and oxygen atoms in total. The molecule has 0 radical (unpaired) electrons. The highest BCUT2D eigenvalue weighted by atomic mass is 32.1. The lowest BCUT2D eigenvalue weighted by Crippen LogP contribution is -2.17. The summed E-state index contributed by atoms with van der Waals surface area (Å²) in [6.07, 6.45) is 6.71. The molecule has 0 atom stereocenters. The summed E-state index contributed by atoms with van der Waals surface area (Å²) in [5, 5.41) is 5.63. The lowest BCUT2D eigenvalue weighted by atomic mass is 10.2. The van der Waals surface area contributed by atoms with Crippen LogP contribution in [0.15, 0.2) is 49.1 Å². The number of hydrogen-bond acceptors (Lipinski definition) is 5. The van der Waals surface area contributed by atoms with Crippen LogP contribution in [0.25, 0.3) is 0 Å². The summed E-state index contributed by atoms with van der Waals surface area (Å²) in [6.45, 7) is 0.569. The number of carbonyl (C=O) groups excluding carboxylic acids is 2. The Kier molecular flexibility index (Phi) is 4.66. The molecule has 0 unspecified atom stereocenters. The number of thiazole rings is 1. The molecule has 2 amide bonds. The smallest absolute Gasteiger partial charge is 0.274 e. The Hall–Kier alpha value is -3.00. The Morgan fingerprint density at radius 1 is 1.21 bits per heavy atom. The van der Waals surface area contributed by atoms with Crippen LogP contribution >= 0.6 is 11.3 Å². The minimum absolute atomic E-state index is 0.228. The van der Waals surface area contributed by atoms with Crippen molar-refractivity contribution in [2.24, 2.45) is 0 Å². The third-order valence-corrected chi connectivity index (χ3v) is 4.25. The second kappa shape index (κ2) is 7.05. The number of pyridine rings is 1. The van der Waals surface area contributed by atoms with Crippen molar-refractivity contribution in [1.82, 2.24) is 19.9 Å². The molecule has 3 heterocycles. The number of hydrogen-bond donors (Lipinski definition) is 2. The van der Waals surface area contributed by atoms with E-state index in [1.54, 1.807) is 25.5 Å². The predicted octanol–water partition coefficient (Wildman–Crippen LogP) is 2.00. The Balaban J connectivity index is 1.73. The van der Waals surface area contributed by atoms with Gasteiger partial charge in [0.25, 0.3) is 11.8 Å². The van der Waals surface area contributed by atoms with Crippen molar-refractivity contribution in [2.45, 2.75) is 6.54 Å². The Labute approximate surface area is 142 Å². The fraction of sp³-hybridized carbons (Fsp3) is 0.125. The first kappa shape index (κ1) is 15.9. The molecule has 0 aliphatic carbocycles. The van der Waals surface area contributed by atoms with Gasteiger partial charge in [-0.15, -0.1) is 0 Å². The quantitative estimate of drug-likeness (QED) is 0.743. The van der Waals surface area contributed by atoms with E-state index in [4.69, 9.17) is 0 Å². The SMILES string of the molecule is CNC(=O)c1cnc(NC(=O)c2cccn2Cc2ccncc2)s1. The Morgan fingerprint density at radius 3 is 2.75 bits per heavy atom. The molecule has 3 aromatic heterocycles. The standard InChI is InChI=1S/C16H15N5O2S/c1-17-15(23)13-9-19-16(24-13)20-14(22)12-3-2-8-21(12)10-11-4-6-18-7-5-11/h2-9H,10H2,1H3,(H,17,23)(H,19,20,22). The molecule has 0 spiro atoms. The number of anilines is 1. The molecule has 24 heavy (non-hydrogen) atoms. The average molecular weight is 341 g/mol. The van der Waals surface area contributed by atoms with Crippen LogP contribution < -0.4 is 10.6 Å². The highest BCUT2D eigenvalue weighted by Crippen LogP contribution is 2.19. The van der Waals surface area contributed by atoms with Crippen LogP contribution in [0, 0.1) is 0 Å². The van der Waals surface area contributed by atoms with E-state index in [-0.39, 0.29) is 11.8 Å². The summed E-state index contributed by atoms with van der Waals surface area (Å²) in [5.41, 5.74) is 1.56. The molecule has 3 rings (SSSR count). The molecule has 0 saturated carbocycles. The third kappa shape index (κ3) is 3.49. The van der Waals surface area contributed by atoms with Gasteiger partial charge in [-0.05, 0) is 29.8 Å². The number of nitrogens with one attached hydrogen (secondary N) is 2. The van der Waals surface area contributed by atoms with Gasteiger partial charge in [-0.1, -0.05) is 11.3 Å². The normalized spacial score (nSPS) is 10.4. The molecule has 122 valence electrons. The van der Waals surface area contributed by atoms with Crippen LogP contribution in [0.2, 0.25) is 0 Å². The minimum Gasteiger partial charge on any atom is -0.354 e. The third-order valence-electron chi connectivity index (χ3n) is 3.34. The first-order valence-corrected chi connectivity index (χ1v) is 8.02. The first-order chi connectivity index (χ1) is 11.7. The van der Waals surface area contributed by atoms with Gasteiger partial charge in [-0.3, -0.25) is 19.9 Å². The van der Waals surface area contributed by atoms with Gasteiger partial charge in [-0.25, -0.2) is 4.98 Å². The molecule has 0 fully saturated rings. The zero-order valence-electron chi connectivity index (χ0n) is 12.9.